The van der Waals surface area contributed by atoms with Gasteiger partial charge in [-0.3, -0.25) is 4.90 Å². The summed E-state index contributed by atoms with van der Waals surface area (Å²) in [5.74, 6) is 1.69. The van der Waals surface area contributed by atoms with Crippen molar-refractivity contribution in [1.82, 2.24) is 24.5 Å². The van der Waals surface area contributed by atoms with E-state index >= 15 is 0 Å². The average Bonchev–Trinajstić information content (AvgIpc) is 3.28. The fraction of sp³-hybridized carbons (Fsp3) is 0.261. The van der Waals surface area contributed by atoms with E-state index in [-0.39, 0.29) is 0 Å². The van der Waals surface area contributed by atoms with Crippen LogP contribution in [-0.2, 0) is 0 Å². The Balaban J connectivity index is 1.40. The van der Waals surface area contributed by atoms with E-state index in [1.807, 2.05) is 22.7 Å². The zero-order chi connectivity index (χ0) is 19.6. The third kappa shape index (κ3) is 3.47. The Morgan fingerprint density at radius 1 is 0.862 bits per heavy atom. The lowest BCUT2D eigenvalue weighted by atomic mass is 10.1. The van der Waals surface area contributed by atoms with Crippen molar-refractivity contribution in [2.75, 3.05) is 31.1 Å². The second kappa shape index (κ2) is 7.64. The standard InChI is InChI=1S/C23H24N6/c1-18(19-8-4-2-5-9-19)27-12-14-28(15-13-27)22-16-21(20-10-6-3-7-11-20)26-23-24-17-25-29(22)23/h2-11,16-18H,12-15H2,1H3. The lowest BCUT2D eigenvalue weighted by Crippen LogP contribution is -2.47. The Labute approximate surface area is 170 Å². The fourth-order valence-corrected chi connectivity index (χ4v) is 4.06. The molecule has 146 valence electrons. The number of rotatable bonds is 4. The zero-order valence-electron chi connectivity index (χ0n) is 16.5. The number of piperazine rings is 1. The molecule has 5 rings (SSSR count). The summed E-state index contributed by atoms with van der Waals surface area (Å²) in [7, 11) is 0. The van der Waals surface area contributed by atoms with E-state index in [4.69, 9.17) is 4.98 Å². The summed E-state index contributed by atoms with van der Waals surface area (Å²) in [6.07, 6.45) is 1.58. The van der Waals surface area contributed by atoms with Gasteiger partial charge < -0.3 is 4.90 Å². The Kier molecular flexibility index (Phi) is 4.69. The highest BCUT2D eigenvalue weighted by Gasteiger charge is 2.24. The normalized spacial score (nSPS) is 16.2. The molecular weight excluding hydrogens is 360 g/mol. The van der Waals surface area contributed by atoms with Crippen LogP contribution in [0.25, 0.3) is 17.0 Å². The molecule has 1 unspecified atom stereocenters. The molecule has 3 heterocycles. The molecule has 0 saturated carbocycles. The predicted octanol–water partition coefficient (Wildman–Crippen LogP) is 3.67. The lowest BCUT2D eigenvalue weighted by Gasteiger charge is -2.39. The van der Waals surface area contributed by atoms with Gasteiger partial charge in [0.05, 0.1) is 5.69 Å². The SMILES string of the molecule is CC(c1ccccc1)N1CCN(c2cc(-c3ccccc3)nc3ncnn23)CC1. The van der Waals surface area contributed by atoms with Crippen LogP contribution < -0.4 is 4.90 Å². The van der Waals surface area contributed by atoms with Crippen LogP contribution in [0.5, 0.6) is 0 Å². The monoisotopic (exact) mass is 384 g/mol. The van der Waals surface area contributed by atoms with Gasteiger partial charge in [0, 0.05) is 43.9 Å². The first-order valence-electron chi connectivity index (χ1n) is 10.1. The molecule has 0 radical (unpaired) electrons. The third-order valence-electron chi connectivity index (χ3n) is 5.77. The van der Waals surface area contributed by atoms with Crippen molar-refractivity contribution in [3.63, 3.8) is 0 Å². The number of benzene rings is 2. The highest BCUT2D eigenvalue weighted by atomic mass is 15.4. The molecule has 6 nitrogen and oxygen atoms in total. The molecule has 0 amide bonds. The van der Waals surface area contributed by atoms with Crippen molar-refractivity contribution in [1.29, 1.82) is 0 Å². The Morgan fingerprint density at radius 3 is 2.28 bits per heavy atom. The molecular formula is C23H24N6. The van der Waals surface area contributed by atoms with Crippen LogP contribution in [0.1, 0.15) is 18.5 Å². The first-order chi connectivity index (χ1) is 14.3. The summed E-state index contributed by atoms with van der Waals surface area (Å²) in [6.45, 7) is 6.21. The minimum Gasteiger partial charge on any atom is -0.354 e. The molecule has 2 aromatic carbocycles. The third-order valence-corrected chi connectivity index (χ3v) is 5.77. The van der Waals surface area contributed by atoms with Crippen molar-refractivity contribution in [2.45, 2.75) is 13.0 Å². The lowest BCUT2D eigenvalue weighted by molar-refractivity contribution is 0.198. The van der Waals surface area contributed by atoms with Gasteiger partial charge in [-0.2, -0.15) is 14.6 Å². The van der Waals surface area contributed by atoms with E-state index in [9.17, 15) is 0 Å². The maximum Gasteiger partial charge on any atom is 0.254 e. The maximum absolute atomic E-state index is 4.70. The van der Waals surface area contributed by atoms with Crippen molar-refractivity contribution < 1.29 is 0 Å². The van der Waals surface area contributed by atoms with Crippen LogP contribution in [0.4, 0.5) is 5.82 Å². The second-order valence-electron chi connectivity index (χ2n) is 7.45. The molecule has 1 fully saturated rings. The van der Waals surface area contributed by atoms with E-state index in [2.05, 4.69) is 75.3 Å². The van der Waals surface area contributed by atoms with Crippen LogP contribution in [0, 0.1) is 0 Å². The zero-order valence-corrected chi connectivity index (χ0v) is 16.5. The number of hydrogen-bond acceptors (Lipinski definition) is 5. The molecule has 29 heavy (non-hydrogen) atoms. The van der Waals surface area contributed by atoms with Gasteiger partial charge >= 0.3 is 0 Å². The number of nitrogens with zero attached hydrogens (tertiary/aromatic N) is 6. The summed E-state index contributed by atoms with van der Waals surface area (Å²) in [5.41, 5.74) is 3.40. The molecule has 2 aromatic heterocycles. The minimum atomic E-state index is 0.419. The number of hydrogen-bond donors (Lipinski definition) is 0. The first kappa shape index (κ1) is 17.8. The average molecular weight is 384 g/mol. The largest absolute Gasteiger partial charge is 0.354 e. The molecule has 1 atom stereocenters. The summed E-state index contributed by atoms with van der Waals surface area (Å²) in [6, 6.07) is 23.5. The van der Waals surface area contributed by atoms with Crippen LogP contribution >= 0.6 is 0 Å². The molecule has 1 aliphatic heterocycles. The minimum absolute atomic E-state index is 0.419. The molecule has 4 aromatic rings. The summed E-state index contributed by atoms with van der Waals surface area (Å²) in [4.78, 5) is 14.0. The molecule has 6 heteroatoms. The summed E-state index contributed by atoms with van der Waals surface area (Å²) < 4.78 is 1.85. The molecule has 1 saturated heterocycles. The summed E-state index contributed by atoms with van der Waals surface area (Å²) in [5, 5.41) is 4.42. The smallest absolute Gasteiger partial charge is 0.254 e. The van der Waals surface area contributed by atoms with Crippen LogP contribution in [0.3, 0.4) is 0 Å². The number of anilines is 1. The highest BCUT2D eigenvalue weighted by molar-refractivity contribution is 5.65. The van der Waals surface area contributed by atoms with Gasteiger partial charge in [-0.25, -0.2) is 4.98 Å². The van der Waals surface area contributed by atoms with Crippen molar-refractivity contribution in [3.05, 3.63) is 78.6 Å². The molecule has 0 bridgehead atoms. The molecule has 1 aliphatic rings. The van der Waals surface area contributed by atoms with E-state index in [1.165, 1.54) is 5.56 Å². The second-order valence-corrected chi connectivity index (χ2v) is 7.45. The van der Waals surface area contributed by atoms with Crippen LogP contribution in [0.2, 0.25) is 0 Å². The van der Waals surface area contributed by atoms with Gasteiger partial charge in [-0.1, -0.05) is 60.7 Å². The van der Waals surface area contributed by atoms with Crippen LogP contribution in [0.15, 0.2) is 73.1 Å². The molecule has 0 spiro atoms. The Hall–Kier alpha value is -3.25. The Bertz CT molecular complexity index is 1080. The quantitative estimate of drug-likeness (QED) is 0.537. The van der Waals surface area contributed by atoms with Crippen molar-refractivity contribution >= 4 is 11.6 Å². The highest BCUT2D eigenvalue weighted by Crippen LogP contribution is 2.26. The van der Waals surface area contributed by atoms with Crippen molar-refractivity contribution in [3.8, 4) is 11.3 Å². The summed E-state index contributed by atoms with van der Waals surface area (Å²) >= 11 is 0. The van der Waals surface area contributed by atoms with Crippen molar-refractivity contribution in [2.24, 2.45) is 0 Å². The van der Waals surface area contributed by atoms with Crippen LogP contribution in [-0.4, -0.2) is 50.7 Å². The van der Waals surface area contributed by atoms with Gasteiger partial charge in [0.2, 0.25) is 0 Å². The maximum atomic E-state index is 4.70. The topological polar surface area (TPSA) is 49.6 Å². The van der Waals surface area contributed by atoms with Gasteiger partial charge in [-0.15, -0.1) is 0 Å². The first-order valence-corrected chi connectivity index (χ1v) is 10.1. The van der Waals surface area contributed by atoms with E-state index < -0.39 is 0 Å². The van der Waals surface area contributed by atoms with E-state index in [0.717, 1.165) is 43.3 Å². The van der Waals surface area contributed by atoms with Gasteiger partial charge in [0.1, 0.15) is 12.1 Å². The van der Waals surface area contributed by atoms with E-state index in [1.54, 1.807) is 6.33 Å². The predicted molar refractivity (Wildman–Crippen MR) is 115 cm³/mol. The van der Waals surface area contributed by atoms with E-state index in [0.29, 0.717) is 11.8 Å². The molecule has 0 N–H and O–H groups in total. The molecule has 0 aliphatic carbocycles. The number of aromatic nitrogens is 4. The number of fused-ring (bicyclic) bond motifs is 1. The fourth-order valence-electron chi connectivity index (χ4n) is 4.06. The van der Waals surface area contributed by atoms with Gasteiger partial charge in [-0.05, 0) is 12.5 Å². The van der Waals surface area contributed by atoms with Gasteiger partial charge in [0.15, 0.2) is 0 Å². The Morgan fingerprint density at radius 2 is 1.55 bits per heavy atom. The van der Waals surface area contributed by atoms with Gasteiger partial charge in [0.25, 0.3) is 5.78 Å².